The lowest BCUT2D eigenvalue weighted by Gasteiger charge is -2.10. The number of azo groups is 1. The maximum Gasteiger partial charge on any atom is 0.229 e. The molecule has 0 aliphatic carbocycles. The Labute approximate surface area is 130 Å². The average molecular weight is 301 g/mol. The van der Waals surface area contributed by atoms with Crippen LogP contribution in [0.4, 0.5) is 0 Å². The monoisotopic (exact) mass is 301 g/mol. The minimum absolute atomic E-state index is 0.566. The van der Waals surface area contributed by atoms with E-state index in [4.69, 9.17) is 0 Å². The summed E-state index contributed by atoms with van der Waals surface area (Å²) in [6, 6.07) is 0. The minimum Gasteiger partial charge on any atom is -0.335 e. The van der Waals surface area contributed by atoms with Crippen molar-refractivity contribution < 1.29 is 0 Å². The summed E-state index contributed by atoms with van der Waals surface area (Å²) >= 11 is 0. The molecule has 118 valence electrons. The van der Waals surface area contributed by atoms with Crippen LogP contribution in [0.2, 0.25) is 0 Å². The van der Waals surface area contributed by atoms with E-state index in [1.54, 1.807) is 0 Å². The lowest BCUT2D eigenvalue weighted by Crippen LogP contribution is -2.20. The van der Waals surface area contributed by atoms with E-state index < -0.39 is 0 Å². The fourth-order valence-electron chi connectivity index (χ4n) is 2.13. The molecule has 0 radical (unpaired) electrons. The van der Waals surface area contributed by atoms with Crippen molar-refractivity contribution in [3.63, 3.8) is 0 Å². The van der Waals surface area contributed by atoms with Crippen molar-refractivity contribution in [2.24, 2.45) is 40.4 Å². The fourth-order valence-corrected chi connectivity index (χ4v) is 2.13. The van der Waals surface area contributed by atoms with E-state index in [0.29, 0.717) is 5.92 Å². The molecule has 7 heteroatoms. The molecular formula is C15H23N7. The summed E-state index contributed by atoms with van der Waals surface area (Å²) in [6.45, 7) is 2.19. The van der Waals surface area contributed by atoms with Gasteiger partial charge in [0.2, 0.25) is 5.62 Å². The van der Waals surface area contributed by atoms with Crippen molar-refractivity contribution in [2.45, 2.75) is 19.8 Å². The number of hydrogen-bond donors (Lipinski definition) is 0. The van der Waals surface area contributed by atoms with Crippen LogP contribution in [0.15, 0.2) is 57.0 Å². The summed E-state index contributed by atoms with van der Waals surface area (Å²) in [5, 5.41) is 16.2. The zero-order valence-electron chi connectivity index (χ0n) is 13.6. The third-order valence-corrected chi connectivity index (χ3v) is 3.63. The van der Waals surface area contributed by atoms with E-state index in [9.17, 15) is 0 Å². The van der Waals surface area contributed by atoms with Gasteiger partial charge in [0.05, 0.1) is 0 Å². The molecule has 0 fully saturated rings. The molecule has 0 amide bonds. The molecule has 1 aliphatic heterocycles. The molecule has 1 aliphatic rings. The zero-order valence-corrected chi connectivity index (χ0v) is 13.6. The number of imidazole rings is 1. The van der Waals surface area contributed by atoms with Crippen LogP contribution in [0.1, 0.15) is 19.8 Å². The summed E-state index contributed by atoms with van der Waals surface area (Å²) in [6.07, 6.45) is 13.6. The van der Waals surface area contributed by atoms with E-state index in [1.165, 1.54) is 6.34 Å². The third kappa shape index (κ3) is 4.03. The zero-order chi connectivity index (χ0) is 15.9. The molecule has 7 nitrogen and oxygen atoms in total. The van der Waals surface area contributed by atoms with Gasteiger partial charge in [0.25, 0.3) is 0 Å². The molecule has 22 heavy (non-hydrogen) atoms. The smallest absolute Gasteiger partial charge is 0.229 e. The SMILES string of the molecule is CCC1C=CN(C)C(N=N/C=N/N=c2n(C)ccn2C)=CC1. The number of aromatic nitrogens is 2. The van der Waals surface area contributed by atoms with Crippen molar-refractivity contribution in [3.8, 4) is 0 Å². The van der Waals surface area contributed by atoms with E-state index in [1.807, 2.05) is 53.8 Å². The number of hydrogen-bond acceptors (Lipinski definition) is 4. The van der Waals surface area contributed by atoms with Crippen LogP contribution in [-0.2, 0) is 14.1 Å². The van der Waals surface area contributed by atoms with Gasteiger partial charge >= 0.3 is 0 Å². The van der Waals surface area contributed by atoms with Gasteiger partial charge in [-0.15, -0.1) is 20.4 Å². The molecule has 0 saturated carbocycles. The maximum atomic E-state index is 4.19. The molecular weight excluding hydrogens is 278 g/mol. The molecule has 1 aromatic rings. The predicted octanol–water partition coefficient (Wildman–Crippen LogP) is 2.38. The summed E-state index contributed by atoms with van der Waals surface area (Å²) < 4.78 is 3.76. The second-order valence-electron chi connectivity index (χ2n) is 5.29. The van der Waals surface area contributed by atoms with Crippen LogP contribution >= 0.6 is 0 Å². The molecule has 0 N–H and O–H groups in total. The number of nitrogens with zero attached hydrogens (tertiary/aromatic N) is 7. The van der Waals surface area contributed by atoms with Gasteiger partial charge in [-0.05, 0) is 24.8 Å². The summed E-state index contributed by atoms with van der Waals surface area (Å²) in [4.78, 5) is 1.96. The van der Waals surface area contributed by atoms with Gasteiger partial charge in [0.15, 0.2) is 12.2 Å². The Hall–Kier alpha value is -2.44. The van der Waals surface area contributed by atoms with Gasteiger partial charge in [0, 0.05) is 39.7 Å². The normalized spacial score (nSPS) is 19.0. The molecule has 0 aromatic carbocycles. The standard InChI is InChI=1S/C15H23N7/c1-5-13-6-7-14(20(2)9-8-13)18-16-12-17-19-15-21(3)10-11-22(15)4/h7-13H,5-6H2,1-4H3/b17-12+,18-16?. The summed E-state index contributed by atoms with van der Waals surface area (Å²) in [7, 11) is 5.79. The van der Waals surface area contributed by atoms with Crippen LogP contribution in [0.25, 0.3) is 0 Å². The Bertz CT molecular complexity index is 650. The molecule has 2 rings (SSSR count). The second kappa shape index (κ2) is 7.53. The van der Waals surface area contributed by atoms with Crippen LogP contribution in [-0.4, -0.2) is 27.4 Å². The van der Waals surface area contributed by atoms with Crippen molar-refractivity contribution in [1.29, 1.82) is 0 Å². The Morgan fingerprint density at radius 2 is 1.95 bits per heavy atom. The maximum absolute atomic E-state index is 4.19. The highest BCUT2D eigenvalue weighted by Gasteiger charge is 2.08. The molecule has 0 spiro atoms. The van der Waals surface area contributed by atoms with Gasteiger partial charge in [-0.1, -0.05) is 13.0 Å². The largest absolute Gasteiger partial charge is 0.335 e. The lowest BCUT2D eigenvalue weighted by atomic mass is 10.0. The van der Waals surface area contributed by atoms with Crippen LogP contribution < -0.4 is 5.62 Å². The first-order valence-electron chi connectivity index (χ1n) is 7.37. The van der Waals surface area contributed by atoms with Crippen molar-refractivity contribution >= 4 is 6.34 Å². The van der Waals surface area contributed by atoms with Gasteiger partial charge in [0.1, 0.15) is 0 Å². The van der Waals surface area contributed by atoms with Crippen LogP contribution in [0, 0.1) is 5.92 Å². The summed E-state index contributed by atoms with van der Waals surface area (Å²) in [5.41, 5.74) is 0.742. The minimum atomic E-state index is 0.566. The Morgan fingerprint density at radius 3 is 2.64 bits per heavy atom. The first-order valence-corrected chi connectivity index (χ1v) is 7.37. The van der Waals surface area contributed by atoms with Crippen molar-refractivity contribution in [2.75, 3.05) is 7.05 Å². The predicted molar refractivity (Wildman–Crippen MR) is 86.7 cm³/mol. The molecule has 2 heterocycles. The Kier molecular flexibility index (Phi) is 5.46. The highest BCUT2D eigenvalue weighted by molar-refractivity contribution is 5.54. The Morgan fingerprint density at radius 1 is 1.23 bits per heavy atom. The van der Waals surface area contributed by atoms with Gasteiger partial charge in [-0.25, -0.2) is 0 Å². The van der Waals surface area contributed by atoms with E-state index in [2.05, 4.69) is 39.5 Å². The van der Waals surface area contributed by atoms with E-state index >= 15 is 0 Å². The third-order valence-electron chi connectivity index (χ3n) is 3.63. The second-order valence-corrected chi connectivity index (χ2v) is 5.29. The van der Waals surface area contributed by atoms with Crippen molar-refractivity contribution in [1.82, 2.24) is 14.0 Å². The molecule has 0 bridgehead atoms. The van der Waals surface area contributed by atoms with Gasteiger partial charge in [-0.3, -0.25) is 0 Å². The van der Waals surface area contributed by atoms with Crippen molar-refractivity contribution in [3.05, 3.63) is 42.2 Å². The number of rotatable bonds is 4. The highest BCUT2D eigenvalue weighted by Crippen LogP contribution is 2.19. The van der Waals surface area contributed by atoms with E-state index in [-0.39, 0.29) is 0 Å². The summed E-state index contributed by atoms with van der Waals surface area (Å²) in [5.74, 6) is 1.39. The number of allylic oxidation sites excluding steroid dienone is 2. The average Bonchev–Trinajstić information content (AvgIpc) is 2.72. The fraction of sp³-hybridized carbons (Fsp3) is 0.467. The van der Waals surface area contributed by atoms with Gasteiger partial charge < -0.3 is 14.0 Å². The first kappa shape index (κ1) is 15.9. The Balaban J connectivity index is 2.03. The highest BCUT2D eigenvalue weighted by atomic mass is 15.3. The number of aryl methyl sites for hydroxylation is 2. The lowest BCUT2D eigenvalue weighted by molar-refractivity contribution is 0.554. The first-order chi connectivity index (χ1) is 10.6. The molecule has 1 atom stereocenters. The van der Waals surface area contributed by atoms with Crippen LogP contribution in [0.3, 0.4) is 0 Å². The van der Waals surface area contributed by atoms with Gasteiger partial charge in [-0.2, -0.15) is 0 Å². The molecule has 1 aromatic heterocycles. The molecule has 0 saturated heterocycles. The van der Waals surface area contributed by atoms with E-state index in [0.717, 1.165) is 24.3 Å². The topological polar surface area (TPSA) is 62.5 Å². The molecule has 1 unspecified atom stereocenters. The quantitative estimate of drug-likeness (QED) is 0.364. The van der Waals surface area contributed by atoms with Crippen LogP contribution in [0.5, 0.6) is 0 Å².